The minimum Gasteiger partial charge on any atom is -0.466 e. The third-order valence-corrected chi connectivity index (χ3v) is 16.1. The van der Waals surface area contributed by atoms with E-state index in [1.54, 1.807) is 0 Å². The fourth-order valence-electron chi connectivity index (χ4n) is 10.9. The van der Waals surface area contributed by atoms with Crippen LogP contribution < -0.4 is 5.32 Å². The molecule has 0 saturated heterocycles. The Balaban J connectivity index is 3.41. The van der Waals surface area contributed by atoms with Crippen LogP contribution in [0.15, 0.2) is 12.2 Å². The Morgan fingerprint density at radius 3 is 0.959 bits per heavy atom. The van der Waals surface area contributed by atoms with Gasteiger partial charge >= 0.3 is 5.97 Å². The number of nitrogens with one attached hydrogen (secondary N) is 1. The number of allylic oxidation sites excluding steroid dienone is 2. The highest BCUT2D eigenvalue weighted by Crippen LogP contribution is 2.19. The third kappa shape index (κ3) is 59.8. The zero-order valence-corrected chi connectivity index (χ0v) is 50.4. The summed E-state index contributed by atoms with van der Waals surface area (Å²) in [7, 11) is 0. The lowest BCUT2D eigenvalue weighted by atomic mass is 10.0. The molecule has 6 nitrogen and oxygen atoms in total. The van der Waals surface area contributed by atoms with Gasteiger partial charge in [-0.25, -0.2) is 0 Å². The second-order valence-corrected chi connectivity index (χ2v) is 23.5. The number of esters is 1. The first-order valence-corrected chi connectivity index (χ1v) is 33.9. The van der Waals surface area contributed by atoms with Crippen LogP contribution in [0.1, 0.15) is 386 Å². The van der Waals surface area contributed by atoms with Gasteiger partial charge in [0.05, 0.1) is 25.4 Å². The zero-order valence-electron chi connectivity index (χ0n) is 50.4. The van der Waals surface area contributed by atoms with E-state index in [2.05, 4.69) is 31.3 Å². The minimum atomic E-state index is -0.669. The van der Waals surface area contributed by atoms with Gasteiger partial charge in [0.2, 0.25) is 5.91 Å². The Hall–Kier alpha value is -1.40. The van der Waals surface area contributed by atoms with Gasteiger partial charge in [-0.05, 0) is 51.4 Å². The Bertz CT molecular complexity index is 1110. The first-order valence-electron chi connectivity index (χ1n) is 33.9. The van der Waals surface area contributed by atoms with E-state index in [0.717, 1.165) is 38.5 Å². The van der Waals surface area contributed by atoms with Gasteiger partial charge in [-0.3, -0.25) is 9.59 Å². The zero-order chi connectivity index (χ0) is 53.6. The molecule has 0 aromatic heterocycles. The molecule has 0 aliphatic heterocycles. The lowest BCUT2D eigenvalue weighted by molar-refractivity contribution is -0.143. The predicted octanol–water partition coefficient (Wildman–Crippen LogP) is 21.6. The highest BCUT2D eigenvalue weighted by molar-refractivity contribution is 5.76. The molecule has 0 fully saturated rings. The van der Waals surface area contributed by atoms with E-state index in [0.29, 0.717) is 25.9 Å². The Morgan fingerprint density at radius 1 is 0.365 bits per heavy atom. The second-order valence-electron chi connectivity index (χ2n) is 23.5. The third-order valence-electron chi connectivity index (χ3n) is 16.1. The number of aliphatic hydroxyl groups is 2. The van der Waals surface area contributed by atoms with Gasteiger partial charge in [0, 0.05) is 12.8 Å². The van der Waals surface area contributed by atoms with Crippen LogP contribution in [0.3, 0.4) is 0 Å². The number of unbranched alkanes of at least 4 members (excludes halogenated alkanes) is 51. The highest BCUT2D eigenvalue weighted by atomic mass is 16.5. The van der Waals surface area contributed by atoms with Gasteiger partial charge in [0.1, 0.15) is 0 Å². The van der Waals surface area contributed by atoms with E-state index in [4.69, 9.17) is 4.74 Å². The molecule has 0 spiro atoms. The standard InChI is InChI=1S/C68H133NO5/c1-3-5-7-9-11-13-15-17-19-20-21-24-27-30-33-36-40-44-48-52-56-60-66(71)65(64-70)69-67(72)61-57-53-49-45-41-37-34-31-28-25-22-23-26-29-32-35-39-43-47-51-55-59-63-74-68(73)62-58-54-50-46-42-38-18-16-14-12-10-8-6-4-2/h25,28,65-66,70-71H,3-24,26-27,29-64H2,1-2H3,(H,69,72)/b28-25-. The molecule has 0 heterocycles. The van der Waals surface area contributed by atoms with Gasteiger partial charge in [0.25, 0.3) is 0 Å². The molecule has 0 rings (SSSR count). The monoisotopic (exact) mass is 1040 g/mol. The molecule has 0 aliphatic carbocycles. The summed E-state index contributed by atoms with van der Waals surface area (Å²) in [5, 5.41) is 23.4. The molecule has 0 saturated carbocycles. The topological polar surface area (TPSA) is 95.9 Å². The number of ether oxygens (including phenoxy) is 1. The number of rotatable bonds is 64. The van der Waals surface area contributed by atoms with E-state index in [9.17, 15) is 19.8 Å². The maximum Gasteiger partial charge on any atom is 0.305 e. The fraction of sp³-hybridized carbons (Fsp3) is 0.941. The minimum absolute atomic E-state index is 0.0133. The SMILES string of the molecule is CCCCCCCCCCCCCCCCCCCCCCCC(O)C(CO)NC(=O)CCCCCCCCC/C=C\CCCCCCCCCCCCCOC(=O)CCCCCCCCCCCCCCCC. The van der Waals surface area contributed by atoms with E-state index in [1.165, 1.54) is 315 Å². The van der Waals surface area contributed by atoms with Gasteiger partial charge in [-0.15, -0.1) is 0 Å². The molecule has 1 amide bonds. The van der Waals surface area contributed by atoms with Crippen molar-refractivity contribution < 1.29 is 24.5 Å². The van der Waals surface area contributed by atoms with Crippen LogP contribution in [0.4, 0.5) is 0 Å². The summed E-state index contributed by atoms with van der Waals surface area (Å²) in [5.74, 6) is -0.0241. The second kappa shape index (κ2) is 64.1. The number of carbonyl (C=O) groups is 2. The van der Waals surface area contributed by atoms with Crippen LogP contribution in [0, 0.1) is 0 Å². The average Bonchev–Trinajstić information content (AvgIpc) is 3.40. The summed E-state index contributed by atoms with van der Waals surface area (Å²) < 4.78 is 5.49. The van der Waals surface area contributed by atoms with Gasteiger partial charge in [-0.1, -0.05) is 334 Å². The van der Waals surface area contributed by atoms with Crippen molar-refractivity contribution in [3.8, 4) is 0 Å². The normalized spacial score (nSPS) is 12.5. The highest BCUT2D eigenvalue weighted by Gasteiger charge is 2.20. The van der Waals surface area contributed by atoms with Crippen molar-refractivity contribution in [1.82, 2.24) is 5.32 Å². The van der Waals surface area contributed by atoms with Crippen LogP contribution in [0.5, 0.6) is 0 Å². The van der Waals surface area contributed by atoms with Crippen molar-refractivity contribution in [2.24, 2.45) is 0 Å². The molecule has 0 radical (unpaired) electrons. The molecule has 3 N–H and O–H groups in total. The molecule has 74 heavy (non-hydrogen) atoms. The molecule has 440 valence electrons. The molecular weight excluding hydrogens is 911 g/mol. The Kier molecular flexibility index (Phi) is 62.9. The van der Waals surface area contributed by atoms with E-state index in [-0.39, 0.29) is 18.5 Å². The van der Waals surface area contributed by atoms with Crippen molar-refractivity contribution in [2.45, 2.75) is 398 Å². The van der Waals surface area contributed by atoms with Crippen molar-refractivity contribution in [1.29, 1.82) is 0 Å². The summed E-state index contributed by atoms with van der Waals surface area (Å²) in [6, 6.07) is -0.547. The van der Waals surface area contributed by atoms with Gasteiger partial charge in [-0.2, -0.15) is 0 Å². The van der Waals surface area contributed by atoms with Gasteiger partial charge < -0.3 is 20.3 Å². The van der Waals surface area contributed by atoms with Crippen molar-refractivity contribution >= 4 is 11.9 Å². The van der Waals surface area contributed by atoms with Crippen molar-refractivity contribution in [3.05, 3.63) is 12.2 Å². The predicted molar refractivity (Wildman–Crippen MR) is 324 cm³/mol. The molecule has 0 aromatic carbocycles. The van der Waals surface area contributed by atoms with Crippen LogP contribution in [0.25, 0.3) is 0 Å². The summed E-state index contributed by atoms with van der Waals surface area (Å²) in [6.45, 7) is 4.99. The summed E-state index contributed by atoms with van der Waals surface area (Å²) in [4.78, 5) is 24.6. The number of carbonyl (C=O) groups excluding carboxylic acids is 2. The van der Waals surface area contributed by atoms with Crippen molar-refractivity contribution in [2.75, 3.05) is 13.2 Å². The molecular formula is C68H133NO5. The Morgan fingerprint density at radius 2 is 0.635 bits per heavy atom. The molecule has 2 unspecified atom stereocenters. The summed E-state index contributed by atoms with van der Waals surface area (Å²) in [6.07, 6.45) is 78.1. The molecule has 6 heteroatoms. The quantitative estimate of drug-likeness (QED) is 0.0320. The van der Waals surface area contributed by atoms with Crippen molar-refractivity contribution in [3.63, 3.8) is 0 Å². The average molecular weight is 1040 g/mol. The maximum absolute atomic E-state index is 12.5. The van der Waals surface area contributed by atoms with E-state index >= 15 is 0 Å². The van der Waals surface area contributed by atoms with Crippen LogP contribution >= 0.6 is 0 Å². The first kappa shape index (κ1) is 72.6. The molecule has 0 aromatic rings. The lowest BCUT2D eigenvalue weighted by Crippen LogP contribution is -2.45. The number of amides is 1. The maximum atomic E-state index is 12.5. The fourth-order valence-corrected chi connectivity index (χ4v) is 10.9. The van der Waals surface area contributed by atoms with E-state index in [1.807, 2.05) is 0 Å². The first-order chi connectivity index (χ1) is 36.5. The molecule has 2 atom stereocenters. The smallest absolute Gasteiger partial charge is 0.305 e. The number of hydrogen-bond donors (Lipinski definition) is 3. The van der Waals surface area contributed by atoms with Gasteiger partial charge in [0.15, 0.2) is 0 Å². The molecule has 0 bridgehead atoms. The van der Waals surface area contributed by atoms with Crippen LogP contribution in [-0.2, 0) is 14.3 Å². The summed E-state index contributed by atoms with van der Waals surface area (Å²) >= 11 is 0. The Labute approximate surface area is 463 Å². The van der Waals surface area contributed by atoms with Crippen LogP contribution in [0.2, 0.25) is 0 Å². The summed E-state index contributed by atoms with van der Waals surface area (Å²) in [5.41, 5.74) is 0. The largest absolute Gasteiger partial charge is 0.466 e. The van der Waals surface area contributed by atoms with E-state index < -0.39 is 12.1 Å². The number of aliphatic hydroxyl groups excluding tert-OH is 2. The number of hydrogen-bond acceptors (Lipinski definition) is 5. The molecule has 0 aliphatic rings. The lowest BCUT2D eigenvalue weighted by Gasteiger charge is -2.22. The van der Waals surface area contributed by atoms with Crippen LogP contribution in [-0.4, -0.2) is 47.4 Å².